The van der Waals surface area contributed by atoms with E-state index in [2.05, 4.69) is 5.43 Å². The summed E-state index contributed by atoms with van der Waals surface area (Å²) in [7, 11) is 0. The van der Waals surface area contributed by atoms with E-state index < -0.39 is 0 Å². The molecule has 0 fully saturated rings. The van der Waals surface area contributed by atoms with Gasteiger partial charge in [0.1, 0.15) is 0 Å². The molecule has 4 nitrogen and oxygen atoms in total. The fourth-order valence-electron chi connectivity index (χ4n) is 1.21. The summed E-state index contributed by atoms with van der Waals surface area (Å²) in [6, 6.07) is 5.26. The third kappa shape index (κ3) is 3.04. The highest BCUT2D eigenvalue weighted by atomic mass is 35.5. The van der Waals surface area contributed by atoms with Crippen LogP contribution in [0.4, 0.5) is 5.69 Å². The van der Waals surface area contributed by atoms with E-state index in [0.717, 1.165) is 4.90 Å². The number of thioether (sulfide) groups is 1. The zero-order chi connectivity index (χ0) is 12.1. The van der Waals surface area contributed by atoms with Gasteiger partial charge in [-0.3, -0.25) is 10.2 Å². The van der Waals surface area contributed by atoms with Crippen LogP contribution in [0.15, 0.2) is 23.1 Å². The number of nitrogens with two attached hydrogens (primary N) is 2. The van der Waals surface area contributed by atoms with Gasteiger partial charge in [0.15, 0.2) is 0 Å². The van der Waals surface area contributed by atoms with E-state index in [9.17, 15) is 4.79 Å². The van der Waals surface area contributed by atoms with Crippen LogP contribution < -0.4 is 17.0 Å². The normalized spacial score (nSPS) is 12.2. The van der Waals surface area contributed by atoms with Crippen molar-refractivity contribution >= 4 is 35.0 Å². The Morgan fingerprint density at radius 2 is 2.31 bits per heavy atom. The maximum Gasteiger partial charge on any atom is 0.247 e. The monoisotopic (exact) mass is 259 g/mol. The Labute approximate surface area is 104 Å². The van der Waals surface area contributed by atoms with E-state index >= 15 is 0 Å². The minimum absolute atomic E-state index is 0.230. The molecule has 0 aromatic heterocycles. The molecule has 0 saturated carbocycles. The van der Waals surface area contributed by atoms with Crippen LogP contribution in [-0.4, -0.2) is 11.2 Å². The smallest absolute Gasteiger partial charge is 0.247 e. The fraction of sp³-hybridized carbons (Fsp3) is 0.300. The van der Waals surface area contributed by atoms with E-state index in [1.165, 1.54) is 11.8 Å². The lowest BCUT2D eigenvalue weighted by molar-refractivity contribution is -0.120. The van der Waals surface area contributed by atoms with Gasteiger partial charge in [-0.15, -0.1) is 11.8 Å². The van der Waals surface area contributed by atoms with Crippen molar-refractivity contribution in [1.29, 1.82) is 0 Å². The minimum Gasteiger partial charge on any atom is -0.398 e. The number of hydrogen-bond acceptors (Lipinski definition) is 4. The summed E-state index contributed by atoms with van der Waals surface area (Å²) in [5.74, 6) is 4.87. The molecule has 88 valence electrons. The molecule has 1 aromatic carbocycles. The van der Waals surface area contributed by atoms with Crippen molar-refractivity contribution in [2.45, 2.75) is 23.5 Å². The van der Waals surface area contributed by atoms with Gasteiger partial charge in [0.25, 0.3) is 0 Å². The first-order valence-electron chi connectivity index (χ1n) is 4.81. The van der Waals surface area contributed by atoms with Gasteiger partial charge in [0.05, 0.1) is 10.3 Å². The maximum atomic E-state index is 11.4. The van der Waals surface area contributed by atoms with Gasteiger partial charge < -0.3 is 5.73 Å². The molecule has 1 unspecified atom stereocenters. The maximum absolute atomic E-state index is 11.4. The molecule has 0 aliphatic heterocycles. The van der Waals surface area contributed by atoms with Gasteiger partial charge in [-0.2, -0.15) is 0 Å². The molecule has 1 aromatic rings. The number of nitrogens with one attached hydrogen (secondary N) is 1. The molecule has 1 amide bonds. The number of benzene rings is 1. The molecule has 0 spiro atoms. The number of rotatable bonds is 4. The molecule has 0 heterocycles. The van der Waals surface area contributed by atoms with Crippen molar-refractivity contribution in [1.82, 2.24) is 5.43 Å². The number of anilines is 1. The highest BCUT2D eigenvalue weighted by Crippen LogP contribution is 2.36. The Morgan fingerprint density at radius 3 is 2.81 bits per heavy atom. The summed E-state index contributed by atoms with van der Waals surface area (Å²) in [5, 5.41) is 0.264. The molecule has 6 heteroatoms. The summed E-state index contributed by atoms with van der Waals surface area (Å²) in [6.45, 7) is 1.90. The lowest BCUT2D eigenvalue weighted by Gasteiger charge is -2.14. The standard InChI is InChI=1S/C10H14ClN3OS/c1-2-8(10(15)14-13)16-9-6(11)4-3-5-7(9)12/h3-5,8H,2,12-13H2,1H3,(H,14,15). The number of hydrazine groups is 1. The minimum atomic E-state index is -0.285. The number of halogens is 1. The quantitative estimate of drug-likeness (QED) is 0.253. The molecule has 1 atom stereocenters. The van der Waals surface area contributed by atoms with E-state index in [-0.39, 0.29) is 11.2 Å². The zero-order valence-electron chi connectivity index (χ0n) is 8.87. The number of carbonyl (C=O) groups excluding carboxylic acids is 1. The fourth-order valence-corrected chi connectivity index (χ4v) is 2.53. The average molecular weight is 260 g/mol. The zero-order valence-corrected chi connectivity index (χ0v) is 10.4. The second-order valence-corrected chi connectivity index (χ2v) is 4.80. The van der Waals surface area contributed by atoms with Crippen LogP contribution in [0.25, 0.3) is 0 Å². The summed E-state index contributed by atoms with van der Waals surface area (Å²) in [6.07, 6.45) is 0.651. The molecular weight excluding hydrogens is 246 g/mol. The van der Waals surface area contributed by atoms with Crippen LogP contribution in [0.5, 0.6) is 0 Å². The summed E-state index contributed by atoms with van der Waals surface area (Å²) < 4.78 is 0. The van der Waals surface area contributed by atoms with Crippen molar-refractivity contribution in [3.63, 3.8) is 0 Å². The summed E-state index contributed by atoms with van der Waals surface area (Å²) in [4.78, 5) is 12.2. The third-order valence-electron chi connectivity index (χ3n) is 2.06. The van der Waals surface area contributed by atoms with E-state index in [1.807, 2.05) is 6.92 Å². The van der Waals surface area contributed by atoms with Gasteiger partial charge in [-0.25, -0.2) is 5.84 Å². The number of amides is 1. The van der Waals surface area contributed by atoms with Crippen molar-refractivity contribution in [2.24, 2.45) is 5.84 Å². The Hall–Kier alpha value is -0.910. The molecule has 0 aliphatic rings. The highest BCUT2D eigenvalue weighted by molar-refractivity contribution is 8.00. The number of hydrogen-bond donors (Lipinski definition) is 3. The van der Waals surface area contributed by atoms with Crippen LogP contribution in [0.3, 0.4) is 0 Å². The second kappa shape index (κ2) is 5.98. The van der Waals surface area contributed by atoms with Crippen molar-refractivity contribution < 1.29 is 4.79 Å². The Morgan fingerprint density at radius 1 is 1.62 bits per heavy atom. The second-order valence-electron chi connectivity index (χ2n) is 3.18. The number of carbonyl (C=O) groups is 1. The molecule has 1 rings (SSSR count). The van der Waals surface area contributed by atoms with E-state index in [4.69, 9.17) is 23.2 Å². The molecule has 5 N–H and O–H groups in total. The summed E-state index contributed by atoms with van der Waals surface area (Å²) in [5.41, 5.74) is 8.50. The van der Waals surface area contributed by atoms with Crippen LogP contribution in [0.1, 0.15) is 13.3 Å². The highest BCUT2D eigenvalue weighted by Gasteiger charge is 2.19. The SMILES string of the molecule is CCC(Sc1c(N)cccc1Cl)C(=O)NN. The predicted molar refractivity (Wildman–Crippen MR) is 68.1 cm³/mol. The average Bonchev–Trinajstić information content (AvgIpc) is 2.28. The van der Waals surface area contributed by atoms with Crippen molar-refractivity contribution in [3.8, 4) is 0 Å². The van der Waals surface area contributed by atoms with Crippen LogP contribution >= 0.6 is 23.4 Å². The van der Waals surface area contributed by atoms with Gasteiger partial charge in [0, 0.05) is 10.6 Å². The van der Waals surface area contributed by atoms with Gasteiger partial charge in [-0.1, -0.05) is 24.6 Å². The first-order chi connectivity index (χ1) is 7.60. The van der Waals surface area contributed by atoms with Gasteiger partial charge >= 0.3 is 0 Å². The first-order valence-corrected chi connectivity index (χ1v) is 6.07. The molecule has 0 aliphatic carbocycles. The Kier molecular flexibility index (Phi) is 4.92. The van der Waals surface area contributed by atoms with Crippen LogP contribution in [0, 0.1) is 0 Å². The first kappa shape index (κ1) is 13.2. The molecule has 0 bridgehead atoms. The summed E-state index contributed by atoms with van der Waals surface area (Å²) >= 11 is 7.34. The lowest BCUT2D eigenvalue weighted by Crippen LogP contribution is -2.37. The Bertz CT molecular complexity index is 366. The van der Waals surface area contributed by atoms with Crippen LogP contribution in [0.2, 0.25) is 5.02 Å². The lowest BCUT2D eigenvalue weighted by atomic mass is 10.3. The topological polar surface area (TPSA) is 81.1 Å². The van der Waals surface area contributed by atoms with Gasteiger partial charge in [-0.05, 0) is 18.6 Å². The Balaban J connectivity index is 2.90. The molecule has 0 saturated heterocycles. The van der Waals surface area contributed by atoms with Crippen molar-refractivity contribution in [2.75, 3.05) is 5.73 Å². The molecule has 0 radical (unpaired) electrons. The number of nitrogen functional groups attached to an aromatic ring is 1. The van der Waals surface area contributed by atoms with Crippen LogP contribution in [-0.2, 0) is 4.79 Å². The van der Waals surface area contributed by atoms with Gasteiger partial charge in [0.2, 0.25) is 5.91 Å². The van der Waals surface area contributed by atoms with Crippen molar-refractivity contribution in [3.05, 3.63) is 23.2 Å². The largest absolute Gasteiger partial charge is 0.398 e. The third-order valence-corrected chi connectivity index (χ3v) is 4.01. The van der Waals surface area contributed by atoms with E-state index in [0.29, 0.717) is 17.1 Å². The molecule has 16 heavy (non-hydrogen) atoms. The predicted octanol–water partition coefficient (Wildman–Crippen LogP) is 1.78. The molecular formula is C10H14ClN3OS. The van der Waals surface area contributed by atoms with E-state index in [1.54, 1.807) is 18.2 Å².